The molecular weight excluding hydrogens is 268 g/mol. The van der Waals surface area contributed by atoms with Gasteiger partial charge in [-0.05, 0) is 19.8 Å². The van der Waals surface area contributed by atoms with Gasteiger partial charge in [0.15, 0.2) is 0 Å². The van der Waals surface area contributed by atoms with Crippen LogP contribution in [0.2, 0.25) is 0 Å². The van der Waals surface area contributed by atoms with Gasteiger partial charge in [-0.1, -0.05) is 12.1 Å². The average molecular weight is 284 g/mol. The number of nitro benzene ring substituents is 1. The van der Waals surface area contributed by atoms with Gasteiger partial charge < -0.3 is 5.32 Å². The zero-order valence-electron chi connectivity index (χ0n) is 11.7. The van der Waals surface area contributed by atoms with Crippen LogP contribution in [0, 0.1) is 10.1 Å². The van der Waals surface area contributed by atoms with E-state index in [0.29, 0.717) is 5.92 Å². The molecule has 1 saturated carbocycles. The topological polar surface area (TPSA) is 81.0 Å². The number of benzene rings is 1. The number of anilines is 1. The van der Waals surface area contributed by atoms with Crippen LogP contribution in [0.15, 0.2) is 30.3 Å². The van der Waals surface area contributed by atoms with Gasteiger partial charge in [0.1, 0.15) is 11.6 Å². The Bertz CT molecular complexity index is 683. The van der Waals surface area contributed by atoms with Gasteiger partial charge in [-0.3, -0.25) is 10.1 Å². The van der Waals surface area contributed by atoms with Gasteiger partial charge in [0, 0.05) is 36.2 Å². The summed E-state index contributed by atoms with van der Waals surface area (Å²) in [6.45, 7) is 2.78. The number of nitro groups is 1. The van der Waals surface area contributed by atoms with Crippen molar-refractivity contribution in [2.75, 3.05) is 11.9 Å². The number of hydrogen-bond acceptors (Lipinski definition) is 5. The fourth-order valence-corrected chi connectivity index (χ4v) is 2.19. The number of nitrogens with one attached hydrogen (secondary N) is 1. The summed E-state index contributed by atoms with van der Waals surface area (Å²) in [7, 11) is 0. The monoisotopic (exact) mass is 284 g/mol. The minimum absolute atomic E-state index is 0.0732. The Morgan fingerprint density at radius 3 is 2.81 bits per heavy atom. The molecule has 0 amide bonds. The van der Waals surface area contributed by atoms with Gasteiger partial charge in [0.05, 0.1) is 10.6 Å². The van der Waals surface area contributed by atoms with Crippen molar-refractivity contribution in [3.63, 3.8) is 0 Å². The summed E-state index contributed by atoms with van der Waals surface area (Å²) < 4.78 is 0. The van der Waals surface area contributed by atoms with Crippen molar-refractivity contribution in [1.29, 1.82) is 0 Å². The number of aromatic nitrogens is 2. The van der Waals surface area contributed by atoms with Crippen LogP contribution in [0.5, 0.6) is 0 Å². The largest absolute Gasteiger partial charge is 0.370 e. The van der Waals surface area contributed by atoms with Gasteiger partial charge in [0.25, 0.3) is 5.69 Å². The molecule has 0 radical (unpaired) electrons. The summed E-state index contributed by atoms with van der Waals surface area (Å²) in [5.74, 6) is 2.03. The Balaban J connectivity index is 2.03. The van der Waals surface area contributed by atoms with Crippen molar-refractivity contribution in [3.8, 4) is 11.3 Å². The summed E-state index contributed by atoms with van der Waals surface area (Å²) in [5.41, 5.74) is 1.54. The van der Waals surface area contributed by atoms with E-state index < -0.39 is 4.92 Å². The maximum Gasteiger partial charge on any atom is 0.270 e. The molecule has 1 heterocycles. The number of hydrogen-bond donors (Lipinski definition) is 1. The standard InChI is InChI=1S/C15H16N4O2/c1-2-16-14-9-13(17-15(18-14)10-6-7-10)11-4-3-5-12(8-11)19(20)21/h3-5,8-10H,2,6-7H2,1H3,(H,16,17,18). The minimum Gasteiger partial charge on any atom is -0.370 e. The van der Waals surface area contributed by atoms with Crippen molar-refractivity contribution in [1.82, 2.24) is 9.97 Å². The van der Waals surface area contributed by atoms with E-state index in [1.54, 1.807) is 12.1 Å². The molecular formula is C15H16N4O2. The minimum atomic E-state index is -0.391. The molecule has 108 valence electrons. The molecule has 21 heavy (non-hydrogen) atoms. The van der Waals surface area contributed by atoms with Gasteiger partial charge in [0.2, 0.25) is 0 Å². The van der Waals surface area contributed by atoms with Gasteiger partial charge in [-0.15, -0.1) is 0 Å². The summed E-state index contributed by atoms with van der Waals surface area (Å²) in [5, 5.41) is 14.1. The van der Waals surface area contributed by atoms with Crippen LogP contribution in [-0.2, 0) is 0 Å². The number of non-ortho nitro benzene ring substituents is 1. The van der Waals surface area contributed by atoms with Crippen LogP contribution < -0.4 is 5.32 Å². The third-order valence-electron chi connectivity index (χ3n) is 3.40. The lowest BCUT2D eigenvalue weighted by Crippen LogP contribution is -2.04. The van der Waals surface area contributed by atoms with E-state index in [0.717, 1.165) is 42.3 Å². The summed E-state index contributed by atoms with van der Waals surface area (Å²) in [6.07, 6.45) is 2.23. The second kappa shape index (κ2) is 5.47. The van der Waals surface area contributed by atoms with Crippen LogP contribution >= 0.6 is 0 Å². The molecule has 0 saturated heterocycles. The van der Waals surface area contributed by atoms with Crippen molar-refractivity contribution in [2.24, 2.45) is 0 Å². The lowest BCUT2D eigenvalue weighted by Gasteiger charge is -2.08. The Morgan fingerprint density at radius 1 is 1.33 bits per heavy atom. The maximum absolute atomic E-state index is 10.9. The van der Waals surface area contributed by atoms with E-state index in [4.69, 9.17) is 0 Å². The molecule has 1 aliphatic carbocycles. The first-order chi connectivity index (χ1) is 10.2. The highest BCUT2D eigenvalue weighted by atomic mass is 16.6. The highest BCUT2D eigenvalue weighted by molar-refractivity contribution is 5.65. The normalized spacial score (nSPS) is 14.0. The van der Waals surface area contributed by atoms with Crippen LogP contribution in [0.4, 0.5) is 11.5 Å². The SMILES string of the molecule is CCNc1cc(-c2cccc([N+](=O)[O-])c2)nc(C2CC2)n1. The van der Waals surface area contributed by atoms with Crippen LogP contribution in [-0.4, -0.2) is 21.4 Å². The average Bonchev–Trinajstić information content (AvgIpc) is 3.32. The van der Waals surface area contributed by atoms with E-state index in [9.17, 15) is 10.1 Å². The quantitative estimate of drug-likeness (QED) is 0.672. The fraction of sp³-hybridized carbons (Fsp3) is 0.333. The van der Waals surface area contributed by atoms with E-state index >= 15 is 0 Å². The molecule has 6 heteroatoms. The Hall–Kier alpha value is -2.50. The van der Waals surface area contributed by atoms with Crippen LogP contribution in [0.3, 0.4) is 0 Å². The molecule has 1 fully saturated rings. The zero-order chi connectivity index (χ0) is 14.8. The first kappa shape index (κ1) is 13.5. The van der Waals surface area contributed by atoms with Crippen molar-refractivity contribution < 1.29 is 4.92 Å². The van der Waals surface area contributed by atoms with Gasteiger partial charge in [-0.25, -0.2) is 9.97 Å². The molecule has 1 aromatic carbocycles. The van der Waals surface area contributed by atoms with E-state index in [2.05, 4.69) is 15.3 Å². The van der Waals surface area contributed by atoms with Gasteiger partial charge in [-0.2, -0.15) is 0 Å². The Kier molecular flexibility index (Phi) is 3.51. The highest BCUT2D eigenvalue weighted by Gasteiger charge is 2.27. The smallest absolute Gasteiger partial charge is 0.270 e. The summed E-state index contributed by atoms with van der Waals surface area (Å²) >= 11 is 0. The second-order valence-corrected chi connectivity index (χ2v) is 5.11. The summed E-state index contributed by atoms with van der Waals surface area (Å²) in [6, 6.07) is 8.39. The third kappa shape index (κ3) is 2.99. The predicted molar refractivity (Wildman–Crippen MR) is 80.3 cm³/mol. The van der Waals surface area contributed by atoms with E-state index in [1.807, 2.05) is 19.1 Å². The third-order valence-corrected chi connectivity index (χ3v) is 3.40. The molecule has 0 bridgehead atoms. The summed E-state index contributed by atoms with van der Waals surface area (Å²) in [4.78, 5) is 19.6. The van der Waals surface area contributed by atoms with Crippen molar-refractivity contribution >= 4 is 11.5 Å². The first-order valence-corrected chi connectivity index (χ1v) is 7.05. The van der Waals surface area contributed by atoms with Crippen molar-refractivity contribution in [3.05, 3.63) is 46.3 Å². The molecule has 1 N–H and O–H groups in total. The molecule has 0 spiro atoms. The van der Waals surface area contributed by atoms with E-state index in [1.165, 1.54) is 6.07 Å². The first-order valence-electron chi connectivity index (χ1n) is 7.05. The van der Waals surface area contributed by atoms with Crippen LogP contribution in [0.25, 0.3) is 11.3 Å². The molecule has 1 aromatic heterocycles. The lowest BCUT2D eigenvalue weighted by molar-refractivity contribution is -0.384. The molecule has 0 unspecified atom stereocenters. The molecule has 0 aliphatic heterocycles. The van der Waals surface area contributed by atoms with Gasteiger partial charge >= 0.3 is 0 Å². The number of nitrogens with zero attached hydrogens (tertiary/aromatic N) is 3. The highest BCUT2D eigenvalue weighted by Crippen LogP contribution is 2.39. The maximum atomic E-state index is 10.9. The Labute approximate surface area is 122 Å². The molecule has 2 aromatic rings. The Morgan fingerprint density at radius 2 is 2.14 bits per heavy atom. The number of rotatable bonds is 5. The zero-order valence-corrected chi connectivity index (χ0v) is 11.7. The second-order valence-electron chi connectivity index (χ2n) is 5.11. The fourth-order valence-electron chi connectivity index (χ4n) is 2.19. The molecule has 1 aliphatic rings. The molecule has 6 nitrogen and oxygen atoms in total. The van der Waals surface area contributed by atoms with Crippen molar-refractivity contribution in [2.45, 2.75) is 25.7 Å². The molecule has 3 rings (SSSR count). The molecule has 0 atom stereocenters. The lowest BCUT2D eigenvalue weighted by atomic mass is 10.1. The van der Waals surface area contributed by atoms with Crippen LogP contribution in [0.1, 0.15) is 31.5 Å². The van der Waals surface area contributed by atoms with E-state index in [-0.39, 0.29) is 5.69 Å². The predicted octanol–water partition coefficient (Wildman–Crippen LogP) is 3.36.